The van der Waals surface area contributed by atoms with E-state index in [9.17, 15) is 4.79 Å². The largest absolute Gasteiger partial charge is 0.398 e. The summed E-state index contributed by atoms with van der Waals surface area (Å²) in [7, 11) is 0. The molecular weight excluding hydrogens is 284 g/mol. The number of halogens is 1. The highest BCUT2D eigenvalue weighted by atomic mass is 35.5. The van der Waals surface area contributed by atoms with E-state index in [0.29, 0.717) is 22.2 Å². The molecule has 2 saturated carbocycles. The number of hydrogen-bond acceptors (Lipinski definition) is 2. The molecule has 114 valence electrons. The first kappa shape index (κ1) is 14.7. The topological polar surface area (TPSA) is 55.1 Å². The maximum absolute atomic E-state index is 12.6. The summed E-state index contributed by atoms with van der Waals surface area (Å²) in [5, 5.41) is 3.70. The molecule has 4 heteroatoms. The van der Waals surface area contributed by atoms with Crippen LogP contribution >= 0.6 is 11.6 Å². The molecule has 1 aromatic carbocycles. The lowest BCUT2D eigenvalue weighted by molar-refractivity contribution is 0.0737. The summed E-state index contributed by atoms with van der Waals surface area (Å²) in [6.45, 7) is 6.87. The minimum atomic E-state index is -0.0521. The molecule has 1 amide bonds. The number of hydrogen-bond donors (Lipinski definition) is 2. The van der Waals surface area contributed by atoms with Crippen LogP contribution in [0, 0.1) is 16.7 Å². The smallest absolute Gasteiger partial charge is 0.251 e. The van der Waals surface area contributed by atoms with Crippen molar-refractivity contribution in [3.63, 3.8) is 0 Å². The summed E-state index contributed by atoms with van der Waals surface area (Å²) in [4.78, 5) is 12.6. The van der Waals surface area contributed by atoms with Crippen LogP contribution in [0.1, 0.15) is 50.4 Å². The molecule has 0 aliphatic heterocycles. The zero-order chi connectivity index (χ0) is 15.4. The number of benzene rings is 1. The molecule has 1 aromatic rings. The fraction of sp³-hybridized carbons (Fsp3) is 0.588. The van der Waals surface area contributed by atoms with Crippen LogP contribution in [-0.2, 0) is 0 Å². The summed E-state index contributed by atoms with van der Waals surface area (Å²) in [6, 6.07) is 5.28. The van der Waals surface area contributed by atoms with Crippen molar-refractivity contribution in [2.75, 3.05) is 5.73 Å². The van der Waals surface area contributed by atoms with E-state index in [2.05, 4.69) is 26.1 Å². The number of fused-ring (bicyclic) bond motifs is 2. The Labute approximate surface area is 131 Å². The van der Waals surface area contributed by atoms with Gasteiger partial charge in [-0.25, -0.2) is 0 Å². The number of anilines is 1. The summed E-state index contributed by atoms with van der Waals surface area (Å²) < 4.78 is 0. The Morgan fingerprint density at radius 1 is 1.38 bits per heavy atom. The number of nitrogens with one attached hydrogen (secondary N) is 1. The maximum Gasteiger partial charge on any atom is 0.251 e. The first-order valence-electron chi connectivity index (χ1n) is 7.60. The quantitative estimate of drug-likeness (QED) is 0.815. The number of carbonyl (C=O) groups is 1. The van der Waals surface area contributed by atoms with Crippen LogP contribution in [0.2, 0.25) is 5.02 Å². The van der Waals surface area contributed by atoms with Crippen LogP contribution in [0.3, 0.4) is 0 Å². The van der Waals surface area contributed by atoms with Gasteiger partial charge in [0.15, 0.2) is 0 Å². The lowest BCUT2D eigenvalue weighted by atomic mass is 9.68. The zero-order valence-electron chi connectivity index (χ0n) is 12.9. The lowest BCUT2D eigenvalue weighted by Crippen LogP contribution is -2.52. The van der Waals surface area contributed by atoms with Crippen molar-refractivity contribution < 1.29 is 4.79 Å². The van der Waals surface area contributed by atoms with Crippen molar-refractivity contribution in [3.05, 3.63) is 28.8 Å². The monoisotopic (exact) mass is 306 g/mol. The van der Waals surface area contributed by atoms with E-state index < -0.39 is 0 Å². The summed E-state index contributed by atoms with van der Waals surface area (Å²) in [5.74, 6) is 0.659. The molecule has 2 bridgehead atoms. The molecule has 0 aromatic heterocycles. The predicted molar refractivity (Wildman–Crippen MR) is 86.3 cm³/mol. The van der Waals surface area contributed by atoms with Crippen LogP contribution in [0.4, 0.5) is 5.69 Å². The van der Waals surface area contributed by atoms with Crippen LogP contribution in [0.25, 0.3) is 0 Å². The van der Waals surface area contributed by atoms with Gasteiger partial charge in [0, 0.05) is 11.6 Å². The second kappa shape index (κ2) is 4.64. The van der Waals surface area contributed by atoms with Crippen molar-refractivity contribution in [2.45, 2.75) is 46.1 Å². The van der Waals surface area contributed by atoms with Crippen molar-refractivity contribution >= 4 is 23.2 Å². The molecule has 0 radical (unpaired) electrons. The molecule has 0 saturated heterocycles. The van der Waals surface area contributed by atoms with Gasteiger partial charge in [-0.05, 0) is 54.2 Å². The summed E-state index contributed by atoms with van der Waals surface area (Å²) in [5.41, 5.74) is 7.16. The Balaban J connectivity index is 1.83. The maximum atomic E-state index is 12.6. The van der Waals surface area contributed by atoms with Gasteiger partial charge in [0.2, 0.25) is 0 Å². The zero-order valence-corrected chi connectivity index (χ0v) is 13.6. The number of nitrogen functional groups attached to an aromatic ring is 1. The molecule has 0 heterocycles. The number of rotatable bonds is 2. The van der Waals surface area contributed by atoms with Gasteiger partial charge in [-0.15, -0.1) is 0 Å². The fourth-order valence-electron chi connectivity index (χ4n) is 4.55. The Hall–Kier alpha value is -1.22. The Morgan fingerprint density at radius 2 is 2.10 bits per heavy atom. The van der Waals surface area contributed by atoms with Gasteiger partial charge in [0.1, 0.15) is 0 Å². The second-order valence-electron chi connectivity index (χ2n) is 7.56. The van der Waals surface area contributed by atoms with Crippen molar-refractivity contribution in [1.82, 2.24) is 5.32 Å². The number of nitrogens with two attached hydrogens (primary N) is 1. The Morgan fingerprint density at radius 3 is 2.67 bits per heavy atom. The minimum Gasteiger partial charge on any atom is -0.398 e. The van der Waals surface area contributed by atoms with E-state index >= 15 is 0 Å². The van der Waals surface area contributed by atoms with Crippen LogP contribution in [-0.4, -0.2) is 11.9 Å². The van der Waals surface area contributed by atoms with E-state index in [1.165, 1.54) is 19.3 Å². The fourth-order valence-corrected chi connectivity index (χ4v) is 4.73. The van der Waals surface area contributed by atoms with Crippen molar-refractivity contribution in [3.8, 4) is 0 Å². The third-order valence-electron chi connectivity index (χ3n) is 5.81. The molecule has 0 spiro atoms. The molecule has 2 fully saturated rings. The number of carbonyl (C=O) groups excluding carboxylic acids is 1. The van der Waals surface area contributed by atoms with Gasteiger partial charge >= 0.3 is 0 Å². The van der Waals surface area contributed by atoms with E-state index in [0.717, 1.165) is 0 Å². The Kier molecular flexibility index (Phi) is 3.25. The first-order valence-corrected chi connectivity index (χ1v) is 7.98. The SMILES string of the molecule is CC12CCC(C1)C(C)(C)C2NC(=O)c1ccc(N)c(Cl)c1. The highest BCUT2D eigenvalue weighted by Crippen LogP contribution is 2.62. The normalized spacial score (nSPS) is 33.1. The number of amides is 1. The van der Waals surface area contributed by atoms with Gasteiger partial charge in [-0.2, -0.15) is 0 Å². The van der Waals surface area contributed by atoms with Gasteiger partial charge in [0.05, 0.1) is 10.7 Å². The van der Waals surface area contributed by atoms with Gasteiger partial charge < -0.3 is 11.1 Å². The molecule has 3 atom stereocenters. The molecule has 2 aliphatic rings. The third kappa shape index (κ3) is 2.22. The second-order valence-corrected chi connectivity index (χ2v) is 7.97. The van der Waals surface area contributed by atoms with Gasteiger partial charge in [0.25, 0.3) is 5.91 Å². The van der Waals surface area contributed by atoms with E-state index in [4.69, 9.17) is 17.3 Å². The molecule has 3 rings (SSSR count). The van der Waals surface area contributed by atoms with E-state index in [1.807, 2.05) is 0 Å². The first-order chi connectivity index (χ1) is 9.74. The van der Waals surface area contributed by atoms with E-state index in [-0.39, 0.29) is 22.8 Å². The van der Waals surface area contributed by atoms with Crippen LogP contribution in [0.5, 0.6) is 0 Å². The van der Waals surface area contributed by atoms with Crippen molar-refractivity contribution in [1.29, 1.82) is 0 Å². The predicted octanol–water partition coefficient (Wildman–Crippen LogP) is 3.87. The van der Waals surface area contributed by atoms with E-state index in [1.54, 1.807) is 18.2 Å². The van der Waals surface area contributed by atoms with Gasteiger partial charge in [-0.3, -0.25) is 4.79 Å². The third-order valence-corrected chi connectivity index (χ3v) is 6.14. The van der Waals surface area contributed by atoms with Gasteiger partial charge in [-0.1, -0.05) is 32.4 Å². The van der Waals surface area contributed by atoms with Crippen LogP contribution in [0.15, 0.2) is 18.2 Å². The van der Waals surface area contributed by atoms with Crippen molar-refractivity contribution in [2.24, 2.45) is 16.7 Å². The minimum absolute atomic E-state index is 0.0521. The average Bonchev–Trinajstić information content (AvgIpc) is 2.89. The molecular formula is C17H23ClN2O. The molecule has 2 aliphatic carbocycles. The lowest BCUT2D eigenvalue weighted by Gasteiger charge is -2.43. The molecule has 3 unspecified atom stereocenters. The summed E-state index contributed by atoms with van der Waals surface area (Å²) in [6.07, 6.45) is 3.70. The molecule has 21 heavy (non-hydrogen) atoms. The molecule has 3 nitrogen and oxygen atoms in total. The van der Waals surface area contributed by atoms with Crippen LogP contribution < -0.4 is 11.1 Å². The Bertz CT molecular complexity index is 594. The average molecular weight is 307 g/mol. The highest BCUT2D eigenvalue weighted by Gasteiger charge is 2.59. The molecule has 3 N–H and O–H groups in total. The summed E-state index contributed by atoms with van der Waals surface area (Å²) >= 11 is 6.02. The highest BCUT2D eigenvalue weighted by molar-refractivity contribution is 6.33. The standard InChI is InChI=1S/C17H23ClN2O/c1-16(2)11-6-7-17(3,9-11)15(16)20-14(21)10-4-5-13(19)12(18)8-10/h4-5,8,11,15H,6-7,9,19H2,1-3H3,(H,20,21).